The Morgan fingerprint density at radius 1 is 0.500 bits per heavy atom. The fraction of sp³-hybridized carbons (Fsp3) is 0.538. The molecule has 0 saturated carbocycles. The first-order valence-corrected chi connectivity index (χ1v) is 17.8. The summed E-state index contributed by atoms with van der Waals surface area (Å²) in [5.74, 6) is 0. The molecule has 1 aliphatic rings. The van der Waals surface area contributed by atoms with E-state index in [4.69, 9.17) is 0 Å². The van der Waals surface area contributed by atoms with E-state index in [1.807, 2.05) is 0 Å². The number of hydrogen-bond acceptors (Lipinski definition) is 2. The third-order valence-electron chi connectivity index (χ3n) is 8.66. The van der Waals surface area contributed by atoms with E-state index in [-0.39, 0.29) is 48.0 Å². The Morgan fingerprint density at radius 3 is 0.833 bits per heavy atom. The van der Waals surface area contributed by atoms with Crippen LogP contribution in [0.15, 0.2) is 25.3 Å². The van der Waals surface area contributed by atoms with Crippen LogP contribution < -0.4 is 65.9 Å². The molecule has 236 valence electrons. The van der Waals surface area contributed by atoms with E-state index < -0.39 is 36.7 Å². The van der Waals surface area contributed by atoms with Gasteiger partial charge in [-0.3, -0.25) is 8.42 Å². The number of fused-ring (bicyclic) bond motifs is 8. The number of aromatic nitrogens is 8. The first kappa shape index (κ1) is 38.8. The zero-order valence-electron chi connectivity index (χ0n) is 27.7. The van der Waals surface area contributed by atoms with E-state index in [9.17, 15) is 8.42 Å². The minimum atomic E-state index is -0.611. The van der Waals surface area contributed by atoms with Gasteiger partial charge in [0.25, 0.3) is 0 Å². The number of imidazole rings is 4. The molecule has 42 heavy (non-hydrogen) atoms. The van der Waals surface area contributed by atoms with Crippen molar-refractivity contribution >= 4 is 36.7 Å². The maximum Gasteiger partial charge on any atom is 0.356 e. The molecule has 4 aromatic rings. The Kier molecular flexibility index (Phi) is 14.9. The van der Waals surface area contributed by atoms with Gasteiger partial charge in [0.1, 0.15) is 22.8 Å². The van der Waals surface area contributed by atoms with Gasteiger partial charge in [-0.15, -0.1) is 0 Å². The Labute approximate surface area is 291 Å². The van der Waals surface area contributed by atoms with Gasteiger partial charge in [0, 0.05) is 74.3 Å². The maximum absolute atomic E-state index is 9.56. The third kappa shape index (κ3) is 8.89. The van der Waals surface area contributed by atoms with Crippen LogP contribution in [0.5, 0.6) is 0 Å². The maximum atomic E-state index is 9.56. The van der Waals surface area contributed by atoms with Crippen LogP contribution in [0.1, 0.15) is 45.6 Å². The molecule has 8 bridgehead atoms. The molecule has 0 saturated heterocycles. The average molecular weight is 844 g/mol. The molecule has 0 N–H and O–H groups in total. The molecule has 0 radical (unpaired) electrons. The van der Waals surface area contributed by atoms with Crippen molar-refractivity contribution in [2.24, 2.45) is 0 Å². The van der Waals surface area contributed by atoms with Crippen LogP contribution in [0.25, 0.3) is 0 Å². The van der Waals surface area contributed by atoms with E-state index in [0.717, 1.165) is 13.3 Å². The van der Waals surface area contributed by atoms with Crippen LogP contribution >= 0.6 is 0 Å². The molecule has 4 aromatic heterocycles. The second-order valence-electron chi connectivity index (χ2n) is 11.6. The highest BCUT2D eigenvalue weighted by Gasteiger charge is 2.24. The normalized spacial score (nSPS) is 12.1. The minimum Gasteiger partial charge on any atom is -1.00 e. The molecule has 0 aliphatic carbocycles. The highest BCUT2D eigenvalue weighted by molar-refractivity contribution is 7.83. The molecule has 1 aliphatic heterocycles. The second kappa shape index (κ2) is 16.2. The summed E-state index contributed by atoms with van der Waals surface area (Å²) in [5.41, 5.74) is 10.8. The monoisotopic (exact) mass is 844 g/mol. The van der Waals surface area contributed by atoms with E-state index >= 15 is 0 Å². The average Bonchev–Trinajstić information content (AvgIpc) is 3.47. The molecule has 0 atom stereocenters. The lowest BCUT2D eigenvalue weighted by Gasteiger charge is -2.05. The standard InChI is InChI=1S/C22H36B2N8.2C2H6OS.2HI/c1-15-19(5)29-11-25(15)9-26-12-31(20(6)16(26)2)24-32-14-28(18(4)22(32)8)10-27-13-30(23-29)21(7)17(27)3;2*1-4(2)3;;/h11-14H,9-10,23-24H2,1-8H3;2*1-2H3;2*1H/q+2;;;;/p-2. The summed E-state index contributed by atoms with van der Waals surface area (Å²) < 4.78 is 38.7. The largest absolute Gasteiger partial charge is 1.00 e. The molecule has 0 amide bonds. The fourth-order valence-corrected chi connectivity index (χ4v) is 5.55. The first-order valence-electron chi connectivity index (χ1n) is 13.9. The lowest BCUT2D eigenvalue weighted by molar-refractivity contribution is -0.666. The van der Waals surface area contributed by atoms with Crippen molar-refractivity contribution in [2.45, 2.75) is 68.7 Å². The van der Waals surface area contributed by atoms with Crippen LogP contribution in [0.4, 0.5) is 0 Å². The minimum absolute atomic E-state index is 0. The van der Waals surface area contributed by atoms with Gasteiger partial charge >= 0.3 is 15.1 Å². The third-order valence-corrected chi connectivity index (χ3v) is 8.66. The van der Waals surface area contributed by atoms with Gasteiger partial charge in [-0.2, -0.15) is 18.3 Å². The molecule has 5 heterocycles. The number of nitrogens with zero attached hydrogens (tertiary/aromatic N) is 8. The highest BCUT2D eigenvalue weighted by atomic mass is 127. The molecule has 0 spiro atoms. The SMILES string of the molecule is CS(C)=O.CS(C)=O.Cc1c(C)[n+]2cn1Cn1c[n+](c(C)c1C)[BH2-][n+]1cn(c(C)c1C)Cn1c[n+](c(C)c1C)[BH2-]2.[I-].[I-]. The summed E-state index contributed by atoms with van der Waals surface area (Å²) in [6, 6.07) is 0. The molecule has 0 unspecified atom stereocenters. The zero-order valence-corrected chi connectivity index (χ0v) is 33.6. The lowest BCUT2D eigenvalue weighted by Crippen LogP contribution is -3.00. The van der Waals surface area contributed by atoms with Crippen LogP contribution in [-0.2, 0) is 34.9 Å². The van der Waals surface area contributed by atoms with Crippen LogP contribution in [0.2, 0.25) is 0 Å². The smallest absolute Gasteiger partial charge is 0.356 e. The summed E-state index contributed by atoms with van der Waals surface area (Å²) in [7, 11) is -2.33. The van der Waals surface area contributed by atoms with E-state index in [1.54, 1.807) is 25.0 Å². The second-order valence-corrected chi connectivity index (χ2v) is 14.6. The number of rotatable bonds is 0. The van der Waals surface area contributed by atoms with Gasteiger partial charge in [0.15, 0.2) is 0 Å². The van der Waals surface area contributed by atoms with Crippen molar-refractivity contribution in [1.82, 2.24) is 18.3 Å². The molecule has 0 aromatic carbocycles. The van der Waals surface area contributed by atoms with Crippen molar-refractivity contribution in [3.63, 3.8) is 0 Å². The molecule has 5 rings (SSSR count). The van der Waals surface area contributed by atoms with Crippen LogP contribution in [0.3, 0.4) is 0 Å². The van der Waals surface area contributed by atoms with Crippen molar-refractivity contribution in [1.29, 1.82) is 0 Å². The van der Waals surface area contributed by atoms with Crippen LogP contribution in [0, 0.1) is 55.4 Å². The molecule has 16 heteroatoms. The van der Waals surface area contributed by atoms with E-state index in [2.05, 4.69) is 117 Å². The van der Waals surface area contributed by atoms with Crippen molar-refractivity contribution < 1.29 is 74.3 Å². The summed E-state index contributed by atoms with van der Waals surface area (Å²) in [6.45, 7) is 19.7. The first-order chi connectivity index (χ1) is 18.6. The Morgan fingerprint density at radius 2 is 0.667 bits per heavy atom. The predicted molar refractivity (Wildman–Crippen MR) is 166 cm³/mol. The van der Waals surface area contributed by atoms with Gasteiger partial charge in [0.2, 0.25) is 38.6 Å². The van der Waals surface area contributed by atoms with Gasteiger partial charge in [-0.1, -0.05) is 0 Å². The molecule has 10 nitrogen and oxygen atoms in total. The van der Waals surface area contributed by atoms with Gasteiger partial charge < -0.3 is 65.9 Å². The molecular formula is C26H48B2I2N8O2S2. The highest BCUT2D eigenvalue weighted by Crippen LogP contribution is 2.10. The zero-order chi connectivity index (χ0) is 30.0. The van der Waals surface area contributed by atoms with Crippen molar-refractivity contribution in [3.8, 4) is 0 Å². The number of hydrogen-bond donors (Lipinski definition) is 0. The van der Waals surface area contributed by atoms with Crippen molar-refractivity contribution in [2.75, 3.05) is 25.0 Å². The van der Waals surface area contributed by atoms with Crippen LogP contribution in [-0.4, -0.2) is 66.8 Å². The van der Waals surface area contributed by atoms with Gasteiger partial charge in [-0.05, 0) is 27.7 Å². The Bertz CT molecular complexity index is 1270. The number of halogens is 2. The molecular weight excluding hydrogens is 796 g/mol. The van der Waals surface area contributed by atoms with E-state index in [0.29, 0.717) is 0 Å². The van der Waals surface area contributed by atoms with Gasteiger partial charge in [-0.25, -0.2) is 0 Å². The Balaban J connectivity index is 0.000000789. The summed E-state index contributed by atoms with van der Waals surface area (Å²) in [5, 5.41) is 0. The summed E-state index contributed by atoms with van der Waals surface area (Å²) in [4.78, 5) is 0. The molecule has 0 fully saturated rings. The van der Waals surface area contributed by atoms with Crippen molar-refractivity contribution in [3.05, 3.63) is 70.9 Å². The Hall–Kier alpha value is -1.27. The predicted octanol–water partition coefficient (Wildman–Crippen LogP) is -7.38. The van der Waals surface area contributed by atoms with Gasteiger partial charge in [0.05, 0.1) is 22.8 Å². The fourth-order valence-electron chi connectivity index (χ4n) is 5.55. The lowest BCUT2D eigenvalue weighted by atomic mass is 10.1. The summed E-state index contributed by atoms with van der Waals surface area (Å²) >= 11 is 0. The quantitative estimate of drug-likeness (QED) is 0.115. The van der Waals surface area contributed by atoms with E-state index in [1.165, 1.54) is 45.6 Å². The topological polar surface area (TPSA) is 69.4 Å². The summed E-state index contributed by atoms with van der Waals surface area (Å²) in [6.07, 6.45) is 15.9.